The van der Waals surface area contributed by atoms with E-state index in [2.05, 4.69) is 10.2 Å². The van der Waals surface area contributed by atoms with Gasteiger partial charge in [-0.25, -0.2) is 0 Å². The number of anilines is 2. The monoisotopic (exact) mass is 385 g/mol. The number of nitrogens with one attached hydrogen (secondary N) is 1. The maximum Gasteiger partial charge on any atom is 0.265 e. The van der Waals surface area contributed by atoms with Gasteiger partial charge in [-0.15, -0.1) is 0 Å². The van der Waals surface area contributed by atoms with E-state index in [1.165, 1.54) is 6.07 Å². The van der Waals surface area contributed by atoms with Crippen molar-refractivity contribution in [2.24, 2.45) is 0 Å². The fraction of sp³-hybridized carbons (Fsp3) is 0.300. The predicted octanol–water partition coefficient (Wildman–Crippen LogP) is 3.45. The van der Waals surface area contributed by atoms with Crippen molar-refractivity contribution in [1.29, 1.82) is 5.26 Å². The highest BCUT2D eigenvalue weighted by Gasteiger charge is 2.17. The zero-order valence-electron chi connectivity index (χ0n) is 14.9. The zero-order valence-corrected chi connectivity index (χ0v) is 15.7. The van der Waals surface area contributed by atoms with E-state index in [9.17, 15) is 4.79 Å². The second-order valence-corrected chi connectivity index (χ2v) is 6.56. The van der Waals surface area contributed by atoms with E-state index in [-0.39, 0.29) is 5.91 Å². The summed E-state index contributed by atoms with van der Waals surface area (Å²) < 4.78 is 11.0. The Morgan fingerprint density at radius 1 is 1.26 bits per heavy atom. The molecule has 1 heterocycles. The Balaban J connectivity index is 1.58. The number of hydrogen-bond acceptors (Lipinski definition) is 5. The van der Waals surface area contributed by atoms with Crippen LogP contribution in [-0.2, 0) is 9.53 Å². The number of nitriles is 1. The molecule has 2 aromatic rings. The molecule has 0 saturated carbocycles. The van der Waals surface area contributed by atoms with Crippen LogP contribution in [0.25, 0.3) is 0 Å². The van der Waals surface area contributed by atoms with Crippen LogP contribution in [0.5, 0.6) is 5.75 Å². The van der Waals surface area contributed by atoms with E-state index in [0.29, 0.717) is 22.0 Å². The van der Waals surface area contributed by atoms with Crippen molar-refractivity contribution in [2.45, 2.75) is 13.0 Å². The number of benzene rings is 2. The molecule has 1 fully saturated rings. The highest BCUT2D eigenvalue weighted by molar-refractivity contribution is 6.32. The molecule has 140 valence electrons. The van der Waals surface area contributed by atoms with Crippen molar-refractivity contribution >= 4 is 28.9 Å². The minimum Gasteiger partial charge on any atom is -0.479 e. The predicted molar refractivity (Wildman–Crippen MR) is 104 cm³/mol. The summed E-state index contributed by atoms with van der Waals surface area (Å²) >= 11 is 6.09. The minimum absolute atomic E-state index is 0.283. The fourth-order valence-electron chi connectivity index (χ4n) is 2.73. The third-order valence-corrected chi connectivity index (χ3v) is 4.54. The first-order valence-corrected chi connectivity index (χ1v) is 9.04. The molecule has 0 aliphatic carbocycles. The molecule has 2 aromatic carbocycles. The Hall–Kier alpha value is -2.75. The Morgan fingerprint density at radius 2 is 1.96 bits per heavy atom. The van der Waals surface area contributed by atoms with Gasteiger partial charge in [-0.2, -0.15) is 5.26 Å². The molecule has 1 atom stereocenters. The molecule has 0 radical (unpaired) electrons. The lowest BCUT2D eigenvalue weighted by Gasteiger charge is -2.29. The summed E-state index contributed by atoms with van der Waals surface area (Å²) in [6.45, 7) is 4.83. The third kappa shape index (κ3) is 4.91. The summed E-state index contributed by atoms with van der Waals surface area (Å²) in [5, 5.41) is 12.0. The van der Waals surface area contributed by atoms with Crippen molar-refractivity contribution in [1.82, 2.24) is 0 Å². The molecule has 3 rings (SSSR count). The summed E-state index contributed by atoms with van der Waals surface area (Å²) in [5.41, 5.74) is 2.23. The SMILES string of the molecule is C[C@H](Oc1ccc(C#N)cc1Cl)C(=O)Nc1ccc(N2CCOCC2)cc1. The van der Waals surface area contributed by atoms with Gasteiger partial charge in [0.2, 0.25) is 0 Å². The van der Waals surface area contributed by atoms with E-state index in [0.717, 1.165) is 32.0 Å². The van der Waals surface area contributed by atoms with Crippen molar-refractivity contribution in [3.63, 3.8) is 0 Å². The first-order chi connectivity index (χ1) is 13.1. The number of hydrogen-bond donors (Lipinski definition) is 1. The summed E-state index contributed by atoms with van der Waals surface area (Å²) in [6, 6.07) is 14.4. The second-order valence-electron chi connectivity index (χ2n) is 6.15. The molecule has 7 heteroatoms. The van der Waals surface area contributed by atoms with Gasteiger partial charge in [0.15, 0.2) is 6.10 Å². The van der Waals surface area contributed by atoms with E-state index in [1.807, 2.05) is 30.3 Å². The van der Waals surface area contributed by atoms with Gasteiger partial charge in [0.1, 0.15) is 5.75 Å². The maximum absolute atomic E-state index is 12.4. The molecule has 0 bridgehead atoms. The van der Waals surface area contributed by atoms with Gasteiger partial charge in [-0.05, 0) is 49.4 Å². The van der Waals surface area contributed by atoms with Gasteiger partial charge in [0, 0.05) is 24.5 Å². The largest absolute Gasteiger partial charge is 0.479 e. The third-order valence-electron chi connectivity index (χ3n) is 4.25. The second kappa shape index (κ2) is 8.76. The molecule has 1 N–H and O–H groups in total. The average molecular weight is 386 g/mol. The number of nitrogens with zero attached hydrogens (tertiary/aromatic N) is 2. The van der Waals surface area contributed by atoms with Crippen molar-refractivity contribution < 1.29 is 14.3 Å². The number of halogens is 1. The number of ether oxygens (including phenoxy) is 2. The molecule has 0 spiro atoms. The molecule has 27 heavy (non-hydrogen) atoms. The van der Waals surface area contributed by atoms with E-state index in [1.54, 1.807) is 19.1 Å². The molecule has 0 aromatic heterocycles. The quantitative estimate of drug-likeness (QED) is 0.853. The molecule has 0 unspecified atom stereocenters. The van der Waals surface area contributed by atoms with Crippen LogP contribution in [0.1, 0.15) is 12.5 Å². The van der Waals surface area contributed by atoms with Gasteiger partial charge < -0.3 is 19.7 Å². The van der Waals surface area contributed by atoms with Crippen LogP contribution < -0.4 is 15.0 Å². The highest BCUT2D eigenvalue weighted by atomic mass is 35.5. The van der Waals surface area contributed by atoms with Gasteiger partial charge in [-0.3, -0.25) is 4.79 Å². The van der Waals surface area contributed by atoms with Crippen LogP contribution in [0.2, 0.25) is 5.02 Å². The summed E-state index contributed by atoms with van der Waals surface area (Å²) in [7, 11) is 0. The minimum atomic E-state index is -0.741. The Labute approximate surface area is 163 Å². The highest BCUT2D eigenvalue weighted by Crippen LogP contribution is 2.26. The summed E-state index contributed by atoms with van der Waals surface area (Å²) in [5.74, 6) is 0.0792. The number of morpholine rings is 1. The van der Waals surface area contributed by atoms with Gasteiger partial charge in [0.05, 0.1) is 29.9 Å². The molecule has 1 saturated heterocycles. The molecule has 1 amide bonds. The molecule has 1 aliphatic rings. The zero-order chi connectivity index (χ0) is 19.2. The average Bonchev–Trinajstić information content (AvgIpc) is 2.70. The Kier molecular flexibility index (Phi) is 6.17. The van der Waals surface area contributed by atoms with Crippen LogP contribution in [0.4, 0.5) is 11.4 Å². The van der Waals surface area contributed by atoms with Crippen molar-refractivity contribution in [3.05, 3.63) is 53.1 Å². The Bertz CT molecular complexity index is 843. The Morgan fingerprint density at radius 3 is 2.59 bits per heavy atom. The lowest BCUT2D eigenvalue weighted by atomic mass is 10.2. The number of amides is 1. The van der Waals surface area contributed by atoms with E-state index >= 15 is 0 Å². The van der Waals surface area contributed by atoms with Crippen LogP contribution in [0, 0.1) is 11.3 Å². The lowest BCUT2D eigenvalue weighted by Crippen LogP contribution is -2.36. The van der Waals surface area contributed by atoms with E-state index in [4.69, 9.17) is 26.3 Å². The number of carbonyl (C=O) groups excluding carboxylic acids is 1. The summed E-state index contributed by atoms with van der Waals surface area (Å²) in [6.07, 6.45) is -0.741. The number of rotatable bonds is 5. The molecular weight excluding hydrogens is 366 g/mol. The van der Waals surface area contributed by atoms with Crippen LogP contribution in [0.15, 0.2) is 42.5 Å². The van der Waals surface area contributed by atoms with Crippen LogP contribution >= 0.6 is 11.6 Å². The fourth-order valence-corrected chi connectivity index (χ4v) is 2.96. The van der Waals surface area contributed by atoms with Crippen molar-refractivity contribution in [2.75, 3.05) is 36.5 Å². The normalized spacial score (nSPS) is 14.9. The van der Waals surface area contributed by atoms with Crippen LogP contribution in [-0.4, -0.2) is 38.3 Å². The van der Waals surface area contributed by atoms with Crippen LogP contribution in [0.3, 0.4) is 0 Å². The van der Waals surface area contributed by atoms with Gasteiger partial charge in [0.25, 0.3) is 5.91 Å². The molecule has 1 aliphatic heterocycles. The molecular formula is C20H20ClN3O3. The van der Waals surface area contributed by atoms with E-state index < -0.39 is 6.10 Å². The first kappa shape index (κ1) is 19.0. The maximum atomic E-state index is 12.4. The molecule has 6 nitrogen and oxygen atoms in total. The smallest absolute Gasteiger partial charge is 0.265 e. The first-order valence-electron chi connectivity index (χ1n) is 8.67. The van der Waals surface area contributed by atoms with Gasteiger partial charge in [-0.1, -0.05) is 11.6 Å². The van der Waals surface area contributed by atoms with Gasteiger partial charge >= 0.3 is 0 Å². The lowest BCUT2D eigenvalue weighted by molar-refractivity contribution is -0.122. The number of carbonyl (C=O) groups is 1. The standard InChI is InChI=1S/C20H20ClN3O3/c1-14(27-19-7-2-15(13-22)12-18(19)21)20(25)23-16-3-5-17(6-4-16)24-8-10-26-11-9-24/h2-7,12,14H,8-11H2,1H3,(H,23,25)/t14-/m0/s1. The topological polar surface area (TPSA) is 74.6 Å². The van der Waals surface area contributed by atoms with Crippen molar-refractivity contribution in [3.8, 4) is 11.8 Å². The summed E-state index contributed by atoms with van der Waals surface area (Å²) in [4.78, 5) is 14.6.